The van der Waals surface area contributed by atoms with Crippen LogP contribution in [0.3, 0.4) is 0 Å². The van der Waals surface area contributed by atoms with Crippen molar-refractivity contribution in [3.8, 4) is 0 Å². The highest BCUT2D eigenvalue weighted by Gasteiger charge is 2.34. The molecule has 2 heterocycles. The molecule has 2 atom stereocenters. The summed E-state index contributed by atoms with van der Waals surface area (Å²) in [6.45, 7) is 1.67. The van der Waals surface area contributed by atoms with Gasteiger partial charge in [-0.05, 0) is 32.7 Å². The number of hydrogen-bond acceptors (Lipinski definition) is 3. The summed E-state index contributed by atoms with van der Waals surface area (Å²) in [5.74, 6) is 0.112. The fourth-order valence-electron chi connectivity index (χ4n) is 2.74. The summed E-state index contributed by atoms with van der Waals surface area (Å²) >= 11 is 0. The molecule has 0 aromatic rings. The van der Waals surface area contributed by atoms with E-state index < -0.39 is 0 Å². The molecule has 2 aliphatic rings. The second-order valence-corrected chi connectivity index (χ2v) is 4.90. The topological polar surface area (TPSA) is 61.4 Å². The zero-order chi connectivity index (χ0) is 12.3. The van der Waals surface area contributed by atoms with Crippen LogP contribution in [-0.2, 0) is 9.59 Å². The van der Waals surface area contributed by atoms with Gasteiger partial charge in [0.15, 0.2) is 0 Å². The Hall–Kier alpha value is -1.10. The summed E-state index contributed by atoms with van der Waals surface area (Å²) in [5, 5.41) is 5.90. The second-order valence-electron chi connectivity index (χ2n) is 4.90. The molecule has 0 aliphatic carbocycles. The maximum atomic E-state index is 12.3. The predicted molar refractivity (Wildman–Crippen MR) is 64.4 cm³/mol. The van der Waals surface area contributed by atoms with E-state index in [1.807, 2.05) is 11.9 Å². The monoisotopic (exact) mass is 239 g/mol. The van der Waals surface area contributed by atoms with Crippen LogP contribution in [0, 0.1) is 0 Å². The smallest absolute Gasteiger partial charge is 0.245 e. The lowest BCUT2D eigenvalue weighted by Gasteiger charge is -2.37. The molecule has 2 rings (SSSR count). The van der Waals surface area contributed by atoms with E-state index in [9.17, 15) is 9.59 Å². The zero-order valence-corrected chi connectivity index (χ0v) is 10.4. The van der Waals surface area contributed by atoms with E-state index in [-0.39, 0.29) is 17.9 Å². The van der Waals surface area contributed by atoms with Gasteiger partial charge in [0.1, 0.15) is 6.04 Å². The summed E-state index contributed by atoms with van der Waals surface area (Å²) in [7, 11) is 1.91. The Kier molecular flexibility index (Phi) is 3.99. The molecular formula is C12H21N3O2. The van der Waals surface area contributed by atoms with E-state index in [2.05, 4.69) is 10.6 Å². The molecule has 2 amide bonds. The van der Waals surface area contributed by atoms with Crippen molar-refractivity contribution in [1.82, 2.24) is 15.5 Å². The third-order valence-corrected chi connectivity index (χ3v) is 3.64. The first-order valence-corrected chi connectivity index (χ1v) is 6.47. The number of piperidine rings is 1. The number of carbonyl (C=O) groups is 2. The number of likely N-dealkylation sites (tertiary alicyclic amines) is 1. The highest BCUT2D eigenvalue weighted by Crippen LogP contribution is 2.19. The molecule has 0 aromatic carbocycles. The van der Waals surface area contributed by atoms with Gasteiger partial charge in [-0.3, -0.25) is 9.59 Å². The third-order valence-electron chi connectivity index (χ3n) is 3.64. The molecule has 2 aliphatic heterocycles. The number of rotatable bonds is 3. The van der Waals surface area contributed by atoms with Crippen LogP contribution < -0.4 is 10.6 Å². The molecule has 5 nitrogen and oxygen atoms in total. The number of carbonyl (C=O) groups excluding carboxylic acids is 2. The summed E-state index contributed by atoms with van der Waals surface area (Å²) in [4.78, 5) is 25.4. The van der Waals surface area contributed by atoms with Crippen LogP contribution >= 0.6 is 0 Å². The average molecular weight is 239 g/mol. The van der Waals surface area contributed by atoms with Crippen molar-refractivity contribution in [2.75, 3.05) is 20.1 Å². The van der Waals surface area contributed by atoms with E-state index in [1.54, 1.807) is 0 Å². The fourth-order valence-corrected chi connectivity index (χ4v) is 2.74. The number of nitrogens with zero attached hydrogens (tertiary/aromatic N) is 1. The molecule has 0 aromatic heterocycles. The number of likely N-dealkylation sites (N-methyl/N-ethyl adjacent to an activating group) is 1. The lowest BCUT2D eigenvalue weighted by molar-refractivity contribution is -0.137. The van der Waals surface area contributed by atoms with E-state index in [4.69, 9.17) is 0 Å². The van der Waals surface area contributed by atoms with Crippen LogP contribution in [0.2, 0.25) is 0 Å². The average Bonchev–Trinajstić information content (AvgIpc) is 2.76. The van der Waals surface area contributed by atoms with Crippen molar-refractivity contribution in [3.05, 3.63) is 0 Å². The van der Waals surface area contributed by atoms with Crippen LogP contribution in [-0.4, -0.2) is 48.9 Å². The summed E-state index contributed by atoms with van der Waals surface area (Å²) in [5.41, 5.74) is 0. The van der Waals surface area contributed by atoms with Crippen molar-refractivity contribution >= 4 is 11.8 Å². The van der Waals surface area contributed by atoms with Crippen LogP contribution in [0.4, 0.5) is 0 Å². The quantitative estimate of drug-likeness (QED) is 0.721. The molecule has 0 saturated carbocycles. The first-order chi connectivity index (χ1) is 8.22. The Balaban J connectivity index is 1.98. The second kappa shape index (κ2) is 5.49. The molecular weight excluding hydrogens is 218 g/mol. The van der Waals surface area contributed by atoms with Gasteiger partial charge in [-0.25, -0.2) is 0 Å². The van der Waals surface area contributed by atoms with Gasteiger partial charge in [0.25, 0.3) is 0 Å². The normalized spacial score (nSPS) is 29.2. The van der Waals surface area contributed by atoms with Crippen LogP contribution in [0.1, 0.15) is 32.1 Å². The molecule has 2 saturated heterocycles. The minimum absolute atomic E-state index is 0.00512. The maximum Gasteiger partial charge on any atom is 0.245 e. The van der Waals surface area contributed by atoms with Crippen LogP contribution in [0.25, 0.3) is 0 Å². The van der Waals surface area contributed by atoms with Gasteiger partial charge in [0, 0.05) is 25.6 Å². The first kappa shape index (κ1) is 12.4. The molecule has 0 spiro atoms. The van der Waals surface area contributed by atoms with E-state index >= 15 is 0 Å². The van der Waals surface area contributed by atoms with E-state index in [1.165, 1.54) is 6.42 Å². The van der Waals surface area contributed by atoms with Gasteiger partial charge in [-0.15, -0.1) is 0 Å². The molecule has 2 unspecified atom stereocenters. The minimum Gasteiger partial charge on any atom is -0.344 e. The number of nitrogens with one attached hydrogen (secondary N) is 2. The van der Waals surface area contributed by atoms with Crippen molar-refractivity contribution in [2.24, 2.45) is 0 Å². The lowest BCUT2D eigenvalue weighted by atomic mass is 10.0. The summed E-state index contributed by atoms with van der Waals surface area (Å²) in [6.07, 6.45) is 4.47. The maximum absolute atomic E-state index is 12.3. The Morgan fingerprint density at radius 2 is 2.29 bits per heavy atom. The molecule has 17 heavy (non-hydrogen) atoms. The van der Waals surface area contributed by atoms with Crippen molar-refractivity contribution < 1.29 is 9.59 Å². The van der Waals surface area contributed by atoms with Crippen LogP contribution in [0.5, 0.6) is 0 Å². The summed E-state index contributed by atoms with van der Waals surface area (Å²) < 4.78 is 0. The molecule has 2 fully saturated rings. The molecule has 2 N–H and O–H groups in total. The Morgan fingerprint density at radius 3 is 2.94 bits per heavy atom. The van der Waals surface area contributed by atoms with Crippen molar-refractivity contribution in [1.29, 1.82) is 0 Å². The van der Waals surface area contributed by atoms with Crippen molar-refractivity contribution in [2.45, 2.75) is 44.2 Å². The highest BCUT2D eigenvalue weighted by molar-refractivity contribution is 5.91. The van der Waals surface area contributed by atoms with Gasteiger partial charge in [0.05, 0.1) is 0 Å². The molecule has 96 valence electrons. The zero-order valence-electron chi connectivity index (χ0n) is 10.4. The standard InChI is InChI=1S/C12H21N3O2/c1-13-8-9-4-2-3-7-15(9)12(17)10-5-6-11(16)14-10/h9-10,13H,2-8H2,1H3,(H,14,16). The number of amides is 2. The Labute approximate surface area is 102 Å². The molecule has 5 heteroatoms. The minimum atomic E-state index is -0.278. The molecule has 0 radical (unpaired) electrons. The molecule has 0 bridgehead atoms. The fraction of sp³-hybridized carbons (Fsp3) is 0.833. The van der Waals surface area contributed by atoms with Crippen LogP contribution in [0.15, 0.2) is 0 Å². The summed E-state index contributed by atoms with van der Waals surface area (Å²) in [6, 6.07) is 0.0127. The number of hydrogen-bond donors (Lipinski definition) is 2. The van der Waals surface area contributed by atoms with Gasteiger partial charge < -0.3 is 15.5 Å². The van der Waals surface area contributed by atoms with E-state index in [0.717, 1.165) is 25.9 Å². The van der Waals surface area contributed by atoms with Gasteiger partial charge in [-0.2, -0.15) is 0 Å². The largest absolute Gasteiger partial charge is 0.344 e. The van der Waals surface area contributed by atoms with Gasteiger partial charge in [-0.1, -0.05) is 0 Å². The predicted octanol–water partition coefficient (Wildman–Crippen LogP) is -0.134. The van der Waals surface area contributed by atoms with Gasteiger partial charge >= 0.3 is 0 Å². The Morgan fingerprint density at radius 1 is 1.47 bits per heavy atom. The van der Waals surface area contributed by atoms with E-state index in [0.29, 0.717) is 18.9 Å². The highest BCUT2D eigenvalue weighted by atomic mass is 16.2. The van der Waals surface area contributed by atoms with Crippen molar-refractivity contribution in [3.63, 3.8) is 0 Å². The lowest BCUT2D eigenvalue weighted by Crippen LogP contribution is -2.53. The first-order valence-electron chi connectivity index (χ1n) is 6.47. The third kappa shape index (κ3) is 2.77. The SMILES string of the molecule is CNCC1CCCCN1C(=O)C1CCC(=O)N1. The van der Waals surface area contributed by atoms with Gasteiger partial charge in [0.2, 0.25) is 11.8 Å². The Bertz CT molecular complexity index is 304.